The lowest BCUT2D eigenvalue weighted by atomic mass is 9.82. The van der Waals surface area contributed by atoms with E-state index in [1.165, 1.54) is 25.7 Å². The van der Waals surface area contributed by atoms with E-state index in [2.05, 4.69) is 19.2 Å². The molecule has 1 saturated heterocycles. The lowest BCUT2D eigenvalue weighted by molar-refractivity contribution is -0.132. The molecule has 0 aromatic rings. The molecule has 2 fully saturated rings. The van der Waals surface area contributed by atoms with Gasteiger partial charge in [0.05, 0.1) is 12.2 Å². The summed E-state index contributed by atoms with van der Waals surface area (Å²) < 4.78 is 0. The van der Waals surface area contributed by atoms with Gasteiger partial charge in [-0.15, -0.1) is 0 Å². The van der Waals surface area contributed by atoms with E-state index in [-0.39, 0.29) is 5.54 Å². The highest BCUT2D eigenvalue weighted by atomic mass is 16.2. The van der Waals surface area contributed by atoms with E-state index in [4.69, 9.17) is 0 Å². The second-order valence-electron chi connectivity index (χ2n) is 6.19. The molecule has 3 unspecified atom stereocenters. The van der Waals surface area contributed by atoms with Gasteiger partial charge in [-0.25, -0.2) is 0 Å². The van der Waals surface area contributed by atoms with Crippen LogP contribution < -0.4 is 5.32 Å². The maximum absolute atomic E-state index is 12.3. The van der Waals surface area contributed by atoms with Crippen molar-refractivity contribution in [1.82, 2.24) is 10.2 Å². The van der Waals surface area contributed by atoms with Crippen molar-refractivity contribution in [2.45, 2.75) is 58.4 Å². The van der Waals surface area contributed by atoms with E-state index >= 15 is 0 Å². The normalized spacial score (nSPS) is 38.8. The zero-order valence-corrected chi connectivity index (χ0v) is 11.5. The monoisotopic (exact) mass is 238 g/mol. The average Bonchev–Trinajstić information content (AvgIpc) is 2.59. The molecule has 0 radical (unpaired) electrons. The molecule has 1 N–H and O–H groups in total. The SMILES string of the molecule is CCC1(C)NCN(CC2CCCC(C)C2)C1=O. The first-order chi connectivity index (χ1) is 8.05. The van der Waals surface area contributed by atoms with Gasteiger partial charge >= 0.3 is 0 Å². The van der Waals surface area contributed by atoms with Crippen molar-refractivity contribution in [3.05, 3.63) is 0 Å². The molecule has 0 bridgehead atoms. The predicted octanol–water partition coefficient (Wildman–Crippen LogP) is 2.37. The summed E-state index contributed by atoms with van der Waals surface area (Å²) >= 11 is 0. The second-order valence-corrected chi connectivity index (χ2v) is 6.19. The molecule has 1 saturated carbocycles. The fraction of sp³-hybridized carbons (Fsp3) is 0.929. The first-order valence-corrected chi connectivity index (χ1v) is 7.09. The number of rotatable bonds is 3. The van der Waals surface area contributed by atoms with E-state index in [0.717, 1.165) is 31.5 Å². The minimum atomic E-state index is -0.305. The lowest BCUT2D eigenvalue weighted by Crippen LogP contribution is -2.43. The Morgan fingerprint density at radius 1 is 1.47 bits per heavy atom. The maximum Gasteiger partial charge on any atom is 0.243 e. The average molecular weight is 238 g/mol. The van der Waals surface area contributed by atoms with Gasteiger partial charge < -0.3 is 4.90 Å². The highest BCUT2D eigenvalue weighted by Crippen LogP contribution is 2.30. The summed E-state index contributed by atoms with van der Waals surface area (Å²) in [5.74, 6) is 1.87. The summed E-state index contributed by atoms with van der Waals surface area (Å²) in [5.41, 5.74) is -0.305. The fourth-order valence-corrected chi connectivity index (χ4v) is 3.23. The molecular weight excluding hydrogens is 212 g/mol. The quantitative estimate of drug-likeness (QED) is 0.818. The Morgan fingerprint density at radius 3 is 2.82 bits per heavy atom. The van der Waals surface area contributed by atoms with Gasteiger partial charge in [0.1, 0.15) is 0 Å². The fourth-order valence-electron chi connectivity index (χ4n) is 3.23. The molecule has 3 atom stereocenters. The van der Waals surface area contributed by atoms with Crippen LogP contribution in [-0.2, 0) is 4.79 Å². The largest absolute Gasteiger partial charge is 0.328 e. The Kier molecular flexibility index (Phi) is 3.76. The molecule has 2 rings (SSSR count). The van der Waals surface area contributed by atoms with Crippen molar-refractivity contribution in [1.29, 1.82) is 0 Å². The Bertz CT molecular complexity index is 292. The molecule has 3 heteroatoms. The maximum atomic E-state index is 12.3. The number of carbonyl (C=O) groups is 1. The van der Waals surface area contributed by atoms with Crippen molar-refractivity contribution in [2.24, 2.45) is 11.8 Å². The second kappa shape index (κ2) is 4.97. The van der Waals surface area contributed by atoms with Gasteiger partial charge in [0.15, 0.2) is 0 Å². The zero-order chi connectivity index (χ0) is 12.5. The van der Waals surface area contributed by atoms with Crippen molar-refractivity contribution in [2.75, 3.05) is 13.2 Å². The molecule has 1 aliphatic heterocycles. The molecule has 2 aliphatic rings. The smallest absolute Gasteiger partial charge is 0.243 e. The molecule has 98 valence electrons. The summed E-state index contributed by atoms with van der Waals surface area (Å²) in [6.07, 6.45) is 6.19. The van der Waals surface area contributed by atoms with Crippen LogP contribution in [0, 0.1) is 11.8 Å². The van der Waals surface area contributed by atoms with Crippen LogP contribution >= 0.6 is 0 Å². The highest BCUT2D eigenvalue weighted by molar-refractivity contribution is 5.87. The topological polar surface area (TPSA) is 32.3 Å². The number of carbonyl (C=O) groups excluding carboxylic acids is 1. The zero-order valence-electron chi connectivity index (χ0n) is 11.5. The minimum absolute atomic E-state index is 0.304. The summed E-state index contributed by atoms with van der Waals surface area (Å²) in [7, 11) is 0. The van der Waals surface area contributed by atoms with Gasteiger partial charge in [0, 0.05) is 6.54 Å². The van der Waals surface area contributed by atoms with Crippen LogP contribution in [0.3, 0.4) is 0 Å². The van der Waals surface area contributed by atoms with Crippen molar-refractivity contribution >= 4 is 5.91 Å². The standard InChI is InChI=1S/C14H26N2O/c1-4-14(3)13(17)16(10-15-14)9-12-7-5-6-11(2)8-12/h11-12,15H,4-10H2,1-3H3. The van der Waals surface area contributed by atoms with Crippen molar-refractivity contribution in [3.63, 3.8) is 0 Å². The van der Waals surface area contributed by atoms with E-state index in [9.17, 15) is 4.79 Å². The number of hydrogen-bond acceptors (Lipinski definition) is 2. The Labute approximate surface area is 105 Å². The highest BCUT2D eigenvalue weighted by Gasteiger charge is 2.41. The predicted molar refractivity (Wildman–Crippen MR) is 69.5 cm³/mol. The number of nitrogens with zero attached hydrogens (tertiary/aromatic N) is 1. The van der Waals surface area contributed by atoms with Crippen molar-refractivity contribution < 1.29 is 4.79 Å². The summed E-state index contributed by atoms with van der Waals surface area (Å²) in [6.45, 7) is 8.15. The first-order valence-electron chi connectivity index (χ1n) is 7.09. The molecule has 1 aliphatic carbocycles. The molecule has 0 aromatic carbocycles. The third-order valence-corrected chi connectivity index (χ3v) is 4.65. The Hall–Kier alpha value is -0.570. The van der Waals surface area contributed by atoms with Gasteiger partial charge in [0.25, 0.3) is 0 Å². The van der Waals surface area contributed by atoms with Gasteiger partial charge in [-0.3, -0.25) is 10.1 Å². The van der Waals surface area contributed by atoms with Crippen LogP contribution in [-0.4, -0.2) is 29.6 Å². The van der Waals surface area contributed by atoms with E-state index in [0.29, 0.717) is 5.91 Å². The van der Waals surface area contributed by atoms with Crippen LogP contribution in [0.2, 0.25) is 0 Å². The van der Waals surface area contributed by atoms with E-state index in [1.54, 1.807) is 0 Å². The van der Waals surface area contributed by atoms with Crippen LogP contribution in [0.4, 0.5) is 0 Å². The summed E-state index contributed by atoms with van der Waals surface area (Å²) in [5, 5.41) is 3.36. The summed E-state index contributed by atoms with van der Waals surface area (Å²) in [4.78, 5) is 14.3. The minimum Gasteiger partial charge on any atom is -0.328 e. The van der Waals surface area contributed by atoms with Crippen LogP contribution in [0.1, 0.15) is 52.9 Å². The Balaban J connectivity index is 1.90. The molecule has 3 nitrogen and oxygen atoms in total. The van der Waals surface area contributed by atoms with E-state index in [1.807, 2.05) is 11.8 Å². The number of amides is 1. The molecular formula is C14H26N2O. The third-order valence-electron chi connectivity index (χ3n) is 4.65. The number of nitrogens with one attached hydrogen (secondary N) is 1. The van der Waals surface area contributed by atoms with Crippen LogP contribution in [0.5, 0.6) is 0 Å². The molecule has 0 spiro atoms. The first kappa shape index (κ1) is 12.9. The van der Waals surface area contributed by atoms with Crippen LogP contribution in [0.25, 0.3) is 0 Å². The van der Waals surface area contributed by atoms with Gasteiger partial charge in [-0.2, -0.15) is 0 Å². The van der Waals surface area contributed by atoms with Gasteiger partial charge in [0.2, 0.25) is 5.91 Å². The molecule has 0 aromatic heterocycles. The third kappa shape index (κ3) is 2.65. The van der Waals surface area contributed by atoms with E-state index < -0.39 is 0 Å². The Morgan fingerprint density at radius 2 is 2.24 bits per heavy atom. The number of hydrogen-bond donors (Lipinski definition) is 1. The molecule has 1 amide bonds. The molecule has 1 heterocycles. The van der Waals surface area contributed by atoms with Crippen molar-refractivity contribution in [3.8, 4) is 0 Å². The van der Waals surface area contributed by atoms with Crippen LogP contribution in [0.15, 0.2) is 0 Å². The van der Waals surface area contributed by atoms with Gasteiger partial charge in [-0.1, -0.05) is 26.7 Å². The molecule has 17 heavy (non-hydrogen) atoms. The summed E-state index contributed by atoms with van der Waals surface area (Å²) in [6, 6.07) is 0. The van der Waals surface area contributed by atoms with Gasteiger partial charge in [-0.05, 0) is 38.0 Å². The lowest BCUT2D eigenvalue weighted by Gasteiger charge is -2.30.